The van der Waals surface area contributed by atoms with Crippen LogP contribution in [-0.4, -0.2) is 76.6 Å². The molecule has 2 aromatic heterocycles. The first kappa shape index (κ1) is 18.8. The Morgan fingerprint density at radius 2 is 2.04 bits per heavy atom. The summed E-state index contributed by atoms with van der Waals surface area (Å²) < 4.78 is 5.45. The zero-order chi connectivity index (χ0) is 19.4. The number of hydrogen-bond acceptors (Lipinski definition) is 10. The number of morpholine rings is 1. The summed E-state index contributed by atoms with van der Waals surface area (Å²) >= 11 is 0. The molecule has 1 atom stereocenters. The second-order valence-corrected chi connectivity index (χ2v) is 7.21. The summed E-state index contributed by atoms with van der Waals surface area (Å²) in [7, 11) is 0. The molecule has 2 aromatic rings. The number of piperidine rings is 1. The Morgan fingerprint density at radius 3 is 2.71 bits per heavy atom. The number of nitrogens with two attached hydrogens (primary N) is 1. The zero-order valence-corrected chi connectivity index (χ0v) is 15.8. The lowest BCUT2D eigenvalue weighted by Gasteiger charge is -2.37. The average Bonchev–Trinajstić information content (AvgIpc) is 2.75. The number of aliphatic hydroxyl groups excluding tert-OH is 1. The summed E-state index contributed by atoms with van der Waals surface area (Å²) in [5.74, 6) is 1.51. The van der Waals surface area contributed by atoms with E-state index in [4.69, 9.17) is 20.4 Å². The molecule has 2 fully saturated rings. The van der Waals surface area contributed by atoms with E-state index in [1.807, 2.05) is 6.07 Å². The van der Waals surface area contributed by atoms with Crippen LogP contribution in [0.15, 0.2) is 18.5 Å². The van der Waals surface area contributed by atoms with Gasteiger partial charge in [0.15, 0.2) is 0 Å². The number of nitrogen functional groups attached to an aromatic ring is 1. The second kappa shape index (κ2) is 8.21. The Labute approximate surface area is 163 Å². The smallest absolute Gasteiger partial charge is 0.228 e. The monoisotopic (exact) mass is 386 g/mol. The minimum absolute atomic E-state index is 0.0250. The molecule has 0 aromatic carbocycles. The summed E-state index contributed by atoms with van der Waals surface area (Å²) in [6, 6.07) is 1.87. The fourth-order valence-electron chi connectivity index (χ4n) is 3.54. The molecule has 0 saturated carbocycles. The molecule has 0 spiro atoms. The van der Waals surface area contributed by atoms with E-state index < -0.39 is 5.54 Å². The van der Waals surface area contributed by atoms with Crippen LogP contribution in [0.3, 0.4) is 0 Å². The summed E-state index contributed by atoms with van der Waals surface area (Å²) in [5.41, 5.74) is 6.64. The lowest BCUT2D eigenvalue weighted by molar-refractivity contribution is 0.122. The Bertz CT molecular complexity index is 789. The fraction of sp³-hybridized carbons (Fsp3) is 0.556. The molecule has 0 bridgehead atoms. The van der Waals surface area contributed by atoms with E-state index in [0.29, 0.717) is 37.2 Å². The third-order valence-electron chi connectivity index (χ3n) is 5.14. The van der Waals surface area contributed by atoms with Crippen LogP contribution in [0, 0.1) is 0 Å². The highest BCUT2D eigenvalue weighted by atomic mass is 16.5. The second-order valence-electron chi connectivity index (χ2n) is 7.21. The molecule has 2 saturated heterocycles. The van der Waals surface area contributed by atoms with Crippen LogP contribution in [0.4, 0.5) is 17.7 Å². The van der Waals surface area contributed by atoms with Crippen LogP contribution in [0.1, 0.15) is 12.8 Å². The normalized spacial score (nSPS) is 22.8. The highest BCUT2D eigenvalue weighted by Gasteiger charge is 2.32. The highest BCUT2D eigenvalue weighted by Crippen LogP contribution is 2.27. The lowest BCUT2D eigenvalue weighted by atomic mass is 9.91. The van der Waals surface area contributed by atoms with E-state index in [1.165, 1.54) is 0 Å². The van der Waals surface area contributed by atoms with Crippen molar-refractivity contribution >= 4 is 17.7 Å². The average molecular weight is 386 g/mol. The van der Waals surface area contributed by atoms with E-state index in [0.717, 1.165) is 38.0 Å². The van der Waals surface area contributed by atoms with Gasteiger partial charge in [-0.25, -0.2) is 15.0 Å². The van der Waals surface area contributed by atoms with Gasteiger partial charge in [-0.3, -0.25) is 0 Å². The summed E-state index contributed by atoms with van der Waals surface area (Å²) in [6.07, 6.45) is 5.17. The Hall–Kier alpha value is -2.56. The van der Waals surface area contributed by atoms with Crippen molar-refractivity contribution in [2.45, 2.75) is 18.4 Å². The molecule has 2 aliphatic heterocycles. The van der Waals surface area contributed by atoms with Crippen molar-refractivity contribution in [2.75, 3.05) is 62.0 Å². The van der Waals surface area contributed by atoms with Crippen LogP contribution >= 0.6 is 0 Å². The summed E-state index contributed by atoms with van der Waals surface area (Å²) in [4.78, 5) is 19.7. The van der Waals surface area contributed by atoms with Crippen molar-refractivity contribution < 1.29 is 9.84 Å². The minimum Gasteiger partial charge on any atom is -0.394 e. The van der Waals surface area contributed by atoms with Gasteiger partial charge in [0.05, 0.1) is 31.1 Å². The fourth-order valence-corrected chi connectivity index (χ4v) is 3.54. The number of nitrogens with one attached hydrogen (secondary N) is 2. The summed E-state index contributed by atoms with van der Waals surface area (Å²) in [5, 5.41) is 16.8. The number of aliphatic hydroxyl groups is 1. The van der Waals surface area contributed by atoms with Crippen molar-refractivity contribution in [1.29, 1.82) is 0 Å². The number of ether oxygens (including phenoxy) is 1. The van der Waals surface area contributed by atoms with Crippen molar-refractivity contribution in [3.05, 3.63) is 18.5 Å². The van der Waals surface area contributed by atoms with Gasteiger partial charge in [0, 0.05) is 43.7 Å². The number of nitrogens with zero attached hydrogens (tertiary/aromatic N) is 5. The van der Waals surface area contributed by atoms with E-state index in [1.54, 1.807) is 12.4 Å². The van der Waals surface area contributed by atoms with E-state index in [-0.39, 0.29) is 12.6 Å². The molecule has 150 valence electrons. The maximum absolute atomic E-state index is 10.0. The van der Waals surface area contributed by atoms with E-state index in [2.05, 4.69) is 25.5 Å². The van der Waals surface area contributed by atoms with Gasteiger partial charge in [0.25, 0.3) is 0 Å². The predicted octanol–water partition coefficient (Wildman–Crippen LogP) is -0.121. The van der Waals surface area contributed by atoms with Gasteiger partial charge in [-0.1, -0.05) is 0 Å². The lowest BCUT2D eigenvalue weighted by Crippen LogP contribution is -2.54. The number of aromatic nitrogens is 4. The molecule has 5 N–H and O–H groups in total. The molecule has 4 rings (SSSR count). The first-order valence-electron chi connectivity index (χ1n) is 9.57. The maximum atomic E-state index is 10.0. The number of hydrogen-bond donors (Lipinski definition) is 4. The van der Waals surface area contributed by atoms with Crippen LogP contribution in [-0.2, 0) is 4.74 Å². The van der Waals surface area contributed by atoms with Gasteiger partial charge in [0.1, 0.15) is 5.82 Å². The molecule has 0 radical (unpaired) electrons. The third-order valence-corrected chi connectivity index (χ3v) is 5.14. The first-order chi connectivity index (χ1) is 13.7. The van der Waals surface area contributed by atoms with Crippen molar-refractivity contribution in [3.63, 3.8) is 0 Å². The van der Waals surface area contributed by atoms with Gasteiger partial charge in [-0.2, -0.15) is 4.98 Å². The molecule has 28 heavy (non-hydrogen) atoms. The van der Waals surface area contributed by atoms with Crippen molar-refractivity contribution in [3.8, 4) is 11.3 Å². The minimum atomic E-state index is -0.441. The zero-order valence-electron chi connectivity index (χ0n) is 15.8. The third kappa shape index (κ3) is 4.13. The quantitative estimate of drug-likeness (QED) is 0.551. The van der Waals surface area contributed by atoms with Crippen molar-refractivity contribution in [2.24, 2.45) is 0 Å². The molecule has 0 aliphatic carbocycles. The molecule has 4 heterocycles. The highest BCUT2D eigenvalue weighted by molar-refractivity contribution is 5.64. The standard InChI is InChI=1S/C18H26N8O2/c19-16-21-9-13(10-22-16)14-8-15(25-18(12-27)2-1-3-20-11-18)24-17(23-14)26-4-6-28-7-5-26/h8-10,20,27H,1-7,11-12H2,(H2,19,21,22)(H,23,24,25). The van der Waals surface area contributed by atoms with Gasteiger partial charge in [-0.15, -0.1) is 0 Å². The van der Waals surface area contributed by atoms with Crippen LogP contribution < -0.4 is 21.3 Å². The SMILES string of the molecule is Nc1ncc(-c2cc(NC3(CO)CCCNC3)nc(N3CCOCC3)n2)cn1. The molecular weight excluding hydrogens is 360 g/mol. The molecular formula is C18H26N8O2. The van der Waals surface area contributed by atoms with E-state index in [9.17, 15) is 5.11 Å². The van der Waals surface area contributed by atoms with Crippen molar-refractivity contribution in [1.82, 2.24) is 25.3 Å². The van der Waals surface area contributed by atoms with Gasteiger partial charge < -0.3 is 31.1 Å². The Balaban J connectivity index is 1.69. The van der Waals surface area contributed by atoms with Gasteiger partial charge >= 0.3 is 0 Å². The maximum Gasteiger partial charge on any atom is 0.228 e. The Morgan fingerprint density at radius 1 is 1.25 bits per heavy atom. The first-order valence-corrected chi connectivity index (χ1v) is 9.57. The van der Waals surface area contributed by atoms with Crippen LogP contribution in [0.5, 0.6) is 0 Å². The molecule has 0 amide bonds. The van der Waals surface area contributed by atoms with Crippen LogP contribution in [0.2, 0.25) is 0 Å². The molecule has 10 nitrogen and oxygen atoms in total. The summed E-state index contributed by atoms with van der Waals surface area (Å²) in [6.45, 7) is 4.41. The molecule has 2 aliphatic rings. The largest absolute Gasteiger partial charge is 0.394 e. The number of anilines is 3. The topological polar surface area (TPSA) is 134 Å². The molecule has 10 heteroatoms. The number of rotatable bonds is 5. The Kier molecular flexibility index (Phi) is 5.51. The van der Waals surface area contributed by atoms with E-state index >= 15 is 0 Å². The van der Waals surface area contributed by atoms with Crippen LogP contribution in [0.25, 0.3) is 11.3 Å². The van der Waals surface area contributed by atoms with Gasteiger partial charge in [-0.05, 0) is 19.4 Å². The molecule has 1 unspecified atom stereocenters. The predicted molar refractivity (Wildman–Crippen MR) is 106 cm³/mol. The van der Waals surface area contributed by atoms with Gasteiger partial charge in [0.2, 0.25) is 11.9 Å².